The number of Topliss-reactive ketones (excluding diaryl/α,β-unsaturated/α-hetero) is 1. The number of aliphatic hydroxyl groups is 1. The number of ketones is 1. The van der Waals surface area contributed by atoms with E-state index >= 15 is 0 Å². The van der Waals surface area contributed by atoms with Gasteiger partial charge in [-0.1, -0.05) is 52.3 Å². The smallest absolute Gasteiger partial charge is 0.870 e. The SMILES string of the molecule is CC(=O)C1(c2ccc3c(c2)OC(F)(F)O3)CC1.ClCCBr.FC1(F)Oc2ccc(CCl)cc2O1.N#CC1(c2ccc3c(c2)OC(F)(F)O3)CC1.N#CCc1ccc2c(c1)OC(F)(F)O2.O=C(O)C1(c2ccc3c(c2)OC(F)(F)O3)CC1.O=C(O)c1ccc2c(c1)OC(F)(F)O2.O=S(Cl)Cl.OCc1ccc2c(c1)OC(F)(F)O2.[K+].[Na+].[OH-].[OH-]. The zero-order chi connectivity index (χ0) is 82.4. The van der Waals surface area contributed by atoms with E-state index in [2.05, 4.69) is 110 Å². The third-order valence-electron chi connectivity index (χ3n) is 16.1. The summed E-state index contributed by atoms with van der Waals surface area (Å²) in [6.45, 7) is 1.30. The normalized spacial score (nSPS) is 18.1. The van der Waals surface area contributed by atoms with Gasteiger partial charge in [0, 0.05) is 38.5 Å². The van der Waals surface area contributed by atoms with Crippen LogP contribution in [0.3, 0.4) is 0 Å². The fourth-order valence-electron chi connectivity index (χ4n) is 10.5. The third-order valence-corrected chi connectivity index (χ3v) is 17.5. The average molecular weight is 1860 g/mol. The summed E-state index contributed by atoms with van der Waals surface area (Å²) in [6, 6.07) is 33.5. The van der Waals surface area contributed by atoms with Crippen molar-refractivity contribution < 1.29 is 254 Å². The number of carboxylic acids is 2. The van der Waals surface area contributed by atoms with Crippen LogP contribution in [0.5, 0.6) is 80.5 Å². The number of halogens is 19. The van der Waals surface area contributed by atoms with Crippen LogP contribution in [0.15, 0.2) is 127 Å². The quantitative estimate of drug-likeness (QED) is 0.0495. The monoisotopic (exact) mass is 1850 g/mol. The van der Waals surface area contributed by atoms with Crippen LogP contribution in [0.4, 0.5) is 61.5 Å². The first-order valence-electron chi connectivity index (χ1n) is 31.4. The van der Waals surface area contributed by atoms with E-state index in [1.165, 1.54) is 91.9 Å². The number of carbonyl (C=O) groups is 3. The first-order chi connectivity index (χ1) is 52.3. The molecule has 116 heavy (non-hydrogen) atoms. The number of benzene rings is 7. The summed E-state index contributed by atoms with van der Waals surface area (Å²) in [6.07, 6.45) is -21.1. The van der Waals surface area contributed by atoms with Crippen LogP contribution in [0.25, 0.3) is 0 Å². The summed E-state index contributed by atoms with van der Waals surface area (Å²) in [5, 5.41) is 44.7. The van der Waals surface area contributed by atoms with Crippen LogP contribution in [-0.4, -0.2) is 103 Å². The van der Waals surface area contributed by atoms with Crippen LogP contribution in [0.1, 0.15) is 89.2 Å². The van der Waals surface area contributed by atoms with Crippen molar-refractivity contribution in [3.05, 3.63) is 166 Å². The van der Waals surface area contributed by atoms with Crippen molar-refractivity contribution >= 4 is 87.4 Å². The Morgan fingerprint density at radius 1 is 0.440 bits per heavy atom. The molecule has 0 saturated heterocycles. The molecule has 0 bridgehead atoms. The fraction of sp³-hybridized carbons (Fsp3) is 0.319. The van der Waals surface area contributed by atoms with Gasteiger partial charge in [0.2, 0.25) is 9.23 Å². The maximum absolute atomic E-state index is 12.8. The Balaban J connectivity index is 0.000000237. The largest absolute Gasteiger partial charge is 1.00 e. The molecule has 0 unspecified atom stereocenters. The van der Waals surface area contributed by atoms with Crippen molar-refractivity contribution in [1.82, 2.24) is 0 Å². The van der Waals surface area contributed by atoms with Gasteiger partial charge < -0.3 is 92.6 Å². The zero-order valence-electron chi connectivity index (χ0n) is 59.0. The van der Waals surface area contributed by atoms with Crippen molar-refractivity contribution in [2.45, 2.75) is 125 Å². The molecule has 7 aliphatic heterocycles. The first-order valence-corrected chi connectivity index (χ1v) is 36.4. The third kappa shape index (κ3) is 26.1. The summed E-state index contributed by atoms with van der Waals surface area (Å²) in [4.78, 5) is 33.1. The number of aromatic carboxylic acids is 1. The molecule has 5 N–H and O–H groups in total. The Bertz CT molecular complexity index is 4660. The molecule has 25 nitrogen and oxygen atoms in total. The number of hydrogen-bond donors (Lipinski definition) is 3. The molecule has 0 amide bonds. The molecule has 3 aliphatic carbocycles. The average Bonchev–Trinajstić information content (AvgIpc) is 1.59. The van der Waals surface area contributed by atoms with E-state index in [1.54, 1.807) is 24.3 Å². The number of aliphatic carboxylic acids is 1. The van der Waals surface area contributed by atoms with Crippen LogP contribution in [0, 0.1) is 22.7 Å². The van der Waals surface area contributed by atoms with E-state index < -0.39 is 81.5 Å². The minimum atomic E-state index is -3.71. The fourth-order valence-corrected chi connectivity index (χ4v) is 10.7. The van der Waals surface area contributed by atoms with E-state index in [1.807, 2.05) is 6.07 Å². The number of rotatable bonds is 10. The predicted molar refractivity (Wildman–Crippen MR) is 365 cm³/mol. The number of aliphatic hydroxyl groups excluding tert-OH is 1. The number of alkyl halides is 17. The minimum absolute atomic E-state index is 0. The Hall–Kier alpha value is -7.34. The summed E-state index contributed by atoms with van der Waals surface area (Å²) in [5.41, 5.74) is 1.69. The Morgan fingerprint density at radius 2 is 0.707 bits per heavy atom. The summed E-state index contributed by atoms with van der Waals surface area (Å²) in [5.74, 6) is -1.74. The number of nitrogens with zero attached hydrogens (tertiary/aromatic N) is 2. The molecule has 0 atom stereocenters. The Kier molecular flexibility index (Phi) is 34.0. The molecule has 17 rings (SSSR count). The molecule has 0 spiro atoms. The van der Waals surface area contributed by atoms with Gasteiger partial charge in [-0.3, -0.25) is 9.59 Å². The second-order valence-electron chi connectivity index (χ2n) is 23.9. The van der Waals surface area contributed by atoms with Crippen molar-refractivity contribution in [2.24, 2.45) is 0 Å². The Morgan fingerprint density at radius 3 is 0.991 bits per heavy atom. The molecule has 47 heteroatoms. The van der Waals surface area contributed by atoms with Gasteiger partial charge in [-0.05, 0) is 170 Å². The number of fused-ring (bicyclic) bond motifs is 7. The Labute approximate surface area is 739 Å². The van der Waals surface area contributed by atoms with Crippen molar-refractivity contribution in [3.63, 3.8) is 0 Å². The van der Waals surface area contributed by atoms with Crippen molar-refractivity contribution in [3.8, 4) is 92.6 Å². The van der Waals surface area contributed by atoms with Crippen LogP contribution < -0.4 is 147 Å². The minimum Gasteiger partial charge on any atom is -0.870 e. The molecule has 7 aromatic carbocycles. The maximum Gasteiger partial charge on any atom is 1.00 e. The van der Waals surface area contributed by atoms with E-state index in [-0.39, 0.29) is 203 Å². The predicted octanol–water partition coefficient (Wildman–Crippen LogP) is 11.7. The second-order valence-corrected chi connectivity index (χ2v) is 27.8. The molecule has 7 heterocycles. The van der Waals surface area contributed by atoms with Gasteiger partial charge in [-0.2, -0.15) is 10.5 Å². The van der Waals surface area contributed by atoms with Crippen molar-refractivity contribution in [2.75, 3.05) is 11.2 Å². The topological polar surface area (TPSA) is 366 Å². The van der Waals surface area contributed by atoms with Gasteiger partial charge in [-0.25, -0.2) is 9.00 Å². The number of ether oxygens (including phenoxy) is 14. The van der Waals surface area contributed by atoms with Gasteiger partial charge in [0.25, 0.3) is 0 Å². The van der Waals surface area contributed by atoms with E-state index in [9.17, 15) is 75.8 Å². The zero-order valence-corrected chi connectivity index (χ0v) is 69.5. The van der Waals surface area contributed by atoms with E-state index in [4.69, 9.17) is 53.3 Å². The molecule has 10 aliphatic rings. The van der Waals surface area contributed by atoms with Crippen molar-refractivity contribution in [1.29, 1.82) is 10.5 Å². The van der Waals surface area contributed by atoms with Crippen LogP contribution in [-0.2, 0) is 54.0 Å². The summed E-state index contributed by atoms with van der Waals surface area (Å²) in [7, 11) is 7.36. The number of carbonyl (C=O) groups excluding carboxylic acids is 1. The standard InChI is InChI=1S/C12H10F2O3.C11H7F2NO2.C11H8F2O4.C9H5F2NO2.C8H5ClF2O2.C8H4F2O4.C8H6F2O3.C2H4BrCl.Cl2OS.K.Na.2H2O/c1-7(15)11(4-5-11)8-2-3-9-10(6-8)17-12(13,14)16-9;12-11(13)15-8-2-1-7(5-9(8)16-11)10(6-14)3-4-10;12-11(13)16-7-2-1-6(5-8(7)17-11)10(3-4-10)9(14)15;10-9(11)13-7-2-1-6(3-4-12)5-8(7)14-9;9-4-5-1-2-6-7(3-5)13-8(10,11)12-6;9-8(10)13-5-2-1-4(7(11)12)3-6(5)14-8;9-8(10)12-6-2-1-5(4-11)3-7(6)13-8;3-1-2-4;1-4(2)3;;;;/h2-3,6H,4-5H2,1H3;1-2,5H,3-4H2;1-2,5H,3-4H2,(H,14,15);1-2,5H,3H2;1-3H,4H2;1-3H,(H,11,12);1-3,11H,4H2;1-2H2;;;;2*1H2/q;;;;;;;;;2*+1;;/p-2. The maximum atomic E-state index is 12.8. The summed E-state index contributed by atoms with van der Waals surface area (Å²) >= 11 is 13.8. The van der Waals surface area contributed by atoms with E-state index in [0.29, 0.717) is 41.0 Å². The first kappa shape index (κ1) is 99.2. The van der Waals surface area contributed by atoms with Gasteiger partial charge in [0.15, 0.2) is 80.5 Å². The number of carboxylic acid groups (broad SMARTS) is 2. The molecule has 3 fully saturated rings. The summed E-state index contributed by atoms with van der Waals surface area (Å²) < 4.78 is 245. The second kappa shape index (κ2) is 39.7. The van der Waals surface area contributed by atoms with E-state index in [0.717, 1.165) is 60.3 Å². The number of hydrogen-bond acceptors (Lipinski definition) is 23. The number of nitriles is 2. The molecular weight excluding hydrogens is 1810 g/mol. The van der Waals surface area contributed by atoms with Crippen LogP contribution >= 0.6 is 60.5 Å². The van der Waals surface area contributed by atoms with Gasteiger partial charge in [-0.15, -0.1) is 84.7 Å². The molecule has 0 radical (unpaired) electrons. The molecule has 7 aromatic rings. The molecular formula is C69H51BrCl4F14KN2NaO23S. The van der Waals surface area contributed by atoms with Gasteiger partial charge in [0.05, 0.1) is 47.0 Å². The van der Waals surface area contributed by atoms with Gasteiger partial charge in [0.1, 0.15) is 5.78 Å². The molecule has 0 aromatic heterocycles. The molecule has 3 saturated carbocycles. The van der Waals surface area contributed by atoms with Gasteiger partial charge >= 0.3 is 137 Å². The van der Waals surface area contributed by atoms with Crippen LogP contribution in [0.2, 0.25) is 0 Å². The molecule has 616 valence electrons.